The van der Waals surface area contributed by atoms with Crippen molar-refractivity contribution in [3.05, 3.63) is 29.8 Å². The quantitative estimate of drug-likeness (QED) is 0.0421. The van der Waals surface area contributed by atoms with Crippen molar-refractivity contribution in [3.63, 3.8) is 0 Å². The number of alkyl halides is 3. The number of carbonyl (C=O) groups is 1. The molecule has 1 unspecified atom stereocenters. The van der Waals surface area contributed by atoms with Crippen molar-refractivity contribution in [1.29, 1.82) is 0 Å². The number of benzene rings is 1. The van der Waals surface area contributed by atoms with Crippen molar-refractivity contribution in [2.75, 3.05) is 18.1 Å². The summed E-state index contributed by atoms with van der Waals surface area (Å²) in [5, 5.41) is 0. The highest BCUT2D eigenvalue weighted by atomic mass is 32.2. The number of unbranched alkanes of at least 4 members (excludes halogenated alkanes) is 15. The van der Waals surface area contributed by atoms with Crippen LogP contribution in [0.2, 0.25) is 0 Å². The SMILES string of the molecule is CCCCCCCCCCCCCCCCCC[S+](CCC)c1ccccc1C(=O)OCC.O=S(=O)([O-])C(F)(F)F. The van der Waals surface area contributed by atoms with E-state index in [0.717, 1.165) is 5.56 Å². The summed E-state index contributed by atoms with van der Waals surface area (Å²) < 4.78 is 64.2. The van der Waals surface area contributed by atoms with Crippen molar-refractivity contribution in [3.8, 4) is 0 Å². The van der Waals surface area contributed by atoms with Gasteiger partial charge in [0.1, 0.15) is 17.1 Å². The van der Waals surface area contributed by atoms with E-state index in [1.54, 1.807) is 0 Å². The van der Waals surface area contributed by atoms with Gasteiger partial charge in [-0.15, -0.1) is 0 Å². The fraction of sp³-hybridized carbons (Fsp3) is 0.774. The Balaban J connectivity index is 0.00000173. The fourth-order valence-electron chi connectivity index (χ4n) is 4.49. The summed E-state index contributed by atoms with van der Waals surface area (Å²) in [6, 6.07) is 8.12. The third kappa shape index (κ3) is 20.3. The maximum Gasteiger partial charge on any atom is 0.485 e. The van der Waals surface area contributed by atoms with E-state index in [9.17, 15) is 18.0 Å². The minimum absolute atomic E-state index is 0.158. The van der Waals surface area contributed by atoms with Crippen LogP contribution in [0.15, 0.2) is 29.2 Å². The first-order valence-electron chi connectivity index (χ1n) is 15.4. The molecular formula is C31H53F3O5S2. The Labute approximate surface area is 250 Å². The monoisotopic (exact) mass is 626 g/mol. The van der Waals surface area contributed by atoms with Crippen LogP contribution in [0.3, 0.4) is 0 Å². The molecule has 5 nitrogen and oxygen atoms in total. The van der Waals surface area contributed by atoms with Gasteiger partial charge >= 0.3 is 11.5 Å². The van der Waals surface area contributed by atoms with E-state index < -0.39 is 15.6 Å². The summed E-state index contributed by atoms with van der Waals surface area (Å²) >= 11 is 0. The van der Waals surface area contributed by atoms with Crippen LogP contribution < -0.4 is 0 Å². The molecule has 0 radical (unpaired) electrons. The van der Waals surface area contributed by atoms with Gasteiger partial charge in [-0.05, 0) is 38.3 Å². The summed E-state index contributed by atoms with van der Waals surface area (Å²) in [5.41, 5.74) is -4.86. The highest BCUT2D eigenvalue weighted by Gasteiger charge is 2.37. The van der Waals surface area contributed by atoms with Crippen LogP contribution in [-0.2, 0) is 25.7 Å². The second kappa shape index (κ2) is 24.2. The van der Waals surface area contributed by atoms with Gasteiger partial charge in [0.15, 0.2) is 15.0 Å². The number of rotatable bonds is 22. The Kier molecular flexibility index (Phi) is 23.5. The molecule has 240 valence electrons. The van der Waals surface area contributed by atoms with Crippen molar-refractivity contribution in [1.82, 2.24) is 0 Å². The Morgan fingerprint density at radius 3 is 1.54 bits per heavy atom. The molecule has 0 N–H and O–H groups in total. The maximum atomic E-state index is 12.4. The number of hydrogen-bond acceptors (Lipinski definition) is 5. The Morgan fingerprint density at radius 1 is 0.732 bits per heavy atom. The van der Waals surface area contributed by atoms with E-state index in [0.29, 0.717) is 6.61 Å². The zero-order valence-electron chi connectivity index (χ0n) is 25.4. The lowest BCUT2D eigenvalue weighted by atomic mass is 10.0. The Bertz CT molecular complexity index is 892. The van der Waals surface area contributed by atoms with Crippen molar-refractivity contribution in [2.24, 2.45) is 0 Å². The average molecular weight is 627 g/mol. The molecule has 1 aromatic carbocycles. The molecule has 0 heterocycles. The van der Waals surface area contributed by atoms with Gasteiger partial charge < -0.3 is 9.29 Å². The third-order valence-electron chi connectivity index (χ3n) is 6.67. The predicted octanol–water partition coefficient (Wildman–Crippen LogP) is 9.56. The molecule has 0 fully saturated rings. The number of halogens is 3. The minimum atomic E-state index is -6.09. The molecule has 0 aliphatic rings. The van der Waals surface area contributed by atoms with Crippen LogP contribution >= 0.6 is 0 Å². The number of esters is 1. The molecule has 0 bridgehead atoms. The molecule has 0 spiro atoms. The zero-order chi connectivity index (χ0) is 31.0. The highest BCUT2D eigenvalue weighted by molar-refractivity contribution is 7.97. The molecule has 0 saturated carbocycles. The van der Waals surface area contributed by atoms with Gasteiger partial charge in [0, 0.05) is 10.9 Å². The molecule has 1 rings (SSSR count). The smallest absolute Gasteiger partial charge is 0.485 e. The molecule has 10 heteroatoms. The van der Waals surface area contributed by atoms with Crippen molar-refractivity contribution >= 4 is 27.0 Å². The Morgan fingerprint density at radius 2 is 1.15 bits per heavy atom. The van der Waals surface area contributed by atoms with E-state index in [4.69, 9.17) is 17.7 Å². The van der Waals surface area contributed by atoms with E-state index in [2.05, 4.69) is 26.0 Å². The molecule has 0 aliphatic heterocycles. The molecule has 0 aromatic heterocycles. The molecular weight excluding hydrogens is 573 g/mol. The summed E-state index contributed by atoms with van der Waals surface area (Å²) in [6.45, 7) is 6.86. The van der Waals surface area contributed by atoms with Gasteiger partial charge in [-0.25, -0.2) is 13.2 Å². The maximum absolute atomic E-state index is 12.4. The Hall–Kier alpha value is -1.26. The van der Waals surface area contributed by atoms with Crippen LogP contribution in [0.1, 0.15) is 140 Å². The van der Waals surface area contributed by atoms with Crippen LogP contribution in [0.5, 0.6) is 0 Å². The first kappa shape index (κ1) is 39.7. The summed E-state index contributed by atoms with van der Waals surface area (Å²) in [6.07, 6.45) is 23.7. The third-order valence-corrected chi connectivity index (χ3v) is 9.90. The molecule has 1 aromatic rings. The largest absolute Gasteiger partial charge is 0.741 e. The molecule has 0 saturated heterocycles. The normalized spacial score (nSPS) is 12.5. The first-order chi connectivity index (χ1) is 19.5. The van der Waals surface area contributed by atoms with Crippen LogP contribution in [0.4, 0.5) is 13.2 Å². The standard InChI is InChI=1S/C30H53O2S.CHF3O3S/c1-4-7-8-9-10-11-12-13-14-15-16-17-18-19-20-23-27-33(26-5-2)29-25-22-21-24-28(29)30(31)32-6-3;2-1(3,4)8(5,6)7/h21-22,24-25H,4-20,23,26-27H2,1-3H3;(H,5,6,7)/q+1;/p-1. The second-order valence-electron chi connectivity index (χ2n) is 10.3. The first-order valence-corrected chi connectivity index (χ1v) is 18.4. The van der Waals surface area contributed by atoms with Gasteiger partial charge in [0.2, 0.25) is 0 Å². The lowest BCUT2D eigenvalue weighted by Crippen LogP contribution is -2.21. The summed E-state index contributed by atoms with van der Waals surface area (Å²) in [4.78, 5) is 13.6. The van der Waals surface area contributed by atoms with E-state index >= 15 is 0 Å². The number of ether oxygens (including phenoxy) is 1. The van der Waals surface area contributed by atoms with Gasteiger partial charge in [-0.3, -0.25) is 0 Å². The van der Waals surface area contributed by atoms with Crippen LogP contribution in [-0.4, -0.2) is 42.6 Å². The van der Waals surface area contributed by atoms with Gasteiger partial charge in [0.25, 0.3) is 0 Å². The second-order valence-corrected chi connectivity index (χ2v) is 13.9. The van der Waals surface area contributed by atoms with Gasteiger partial charge in [-0.1, -0.05) is 116 Å². The summed E-state index contributed by atoms with van der Waals surface area (Å²) in [5.74, 6) is 2.23. The topological polar surface area (TPSA) is 83.5 Å². The fourth-order valence-corrected chi connectivity index (χ4v) is 6.91. The number of hydrogen-bond donors (Lipinski definition) is 0. The van der Waals surface area contributed by atoms with E-state index in [-0.39, 0.29) is 16.9 Å². The van der Waals surface area contributed by atoms with Gasteiger partial charge in [-0.2, -0.15) is 13.2 Å². The van der Waals surface area contributed by atoms with Crippen molar-refractivity contribution in [2.45, 2.75) is 140 Å². The van der Waals surface area contributed by atoms with E-state index in [1.807, 2.05) is 19.1 Å². The van der Waals surface area contributed by atoms with Gasteiger partial charge in [0.05, 0.1) is 6.61 Å². The zero-order valence-corrected chi connectivity index (χ0v) is 27.1. The molecule has 0 amide bonds. The van der Waals surface area contributed by atoms with Crippen molar-refractivity contribution < 1.29 is 35.7 Å². The molecule has 1 atom stereocenters. The summed E-state index contributed by atoms with van der Waals surface area (Å²) in [7, 11) is -5.93. The highest BCUT2D eigenvalue weighted by Crippen LogP contribution is 2.23. The van der Waals surface area contributed by atoms with E-state index in [1.165, 1.54) is 126 Å². The molecule has 0 aliphatic carbocycles. The molecule has 41 heavy (non-hydrogen) atoms. The number of carbonyl (C=O) groups excluding carboxylic acids is 1. The predicted molar refractivity (Wildman–Crippen MR) is 163 cm³/mol. The van der Waals surface area contributed by atoms with Crippen LogP contribution in [0.25, 0.3) is 0 Å². The van der Waals surface area contributed by atoms with Crippen LogP contribution in [0, 0.1) is 0 Å². The lowest BCUT2D eigenvalue weighted by molar-refractivity contribution is -0.0517. The minimum Gasteiger partial charge on any atom is -0.741 e. The lowest BCUT2D eigenvalue weighted by Gasteiger charge is -2.11. The average Bonchev–Trinajstić information content (AvgIpc) is 2.91.